The van der Waals surface area contributed by atoms with Crippen LogP contribution in [0.4, 0.5) is 0 Å². The van der Waals surface area contributed by atoms with Crippen LogP contribution in [0.1, 0.15) is 19.8 Å². The second-order valence-electron chi connectivity index (χ2n) is 2.84. The highest BCUT2D eigenvalue weighted by atomic mass is 16.1. The molecule has 0 bridgehead atoms. The molecule has 12 heavy (non-hydrogen) atoms. The Morgan fingerprint density at radius 3 is 2.42 bits per heavy atom. The Kier molecular flexibility index (Phi) is 5.83. The highest BCUT2D eigenvalue weighted by Gasteiger charge is 2.06. The molecule has 0 spiro atoms. The molecule has 0 saturated heterocycles. The van der Waals surface area contributed by atoms with Crippen molar-refractivity contribution in [1.29, 1.82) is 0 Å². The third-order valence-electron chi connectivity index (χ3n) is 1.59. The van der Waals surface area contributed by atoms with Crippen LogP contribution >= 0.6 is 0 Å². The van der Waals surface area contributed by atoms with Gasteiger partial charge in [-0.2, -0.15) is 0 Å². The molecule has 0 unspecified atom stereocenters. The fourth-order valence-corrected chi connectivity index (χ4v) is 0.794. The molecule has 5 heteroatoms. The van der Waals surface area contributed by atoms with E-state index in [1.54, 1.807) is 0 Å². The van der Waals surface area contributed by atoms with E-state index in [0.29, 0.717) is 13.0 Å². The molecule has 7 N–H and O–H groups in total. The van der Waals surface area contributed by atoms with E-state index in [-0.39, 0.29) is 11.8 Å². The van der Waals surface area contributed by atoms with E-state index < -0.39 is 6.29 Å². The van der Waals surface area contributed by atoms with Gasteiger partial charge in [-0.3, -0.25) is 10.1 Å². The maximum Gasteiger partial charge on any atom is 0.146 e. The molecule has 0 fully saturated rings. The Bertz CT molecular complexity index is 137. The maximum atomic E-state index is 10.7. The van der Waals surface area contributed by atoms with Gasteiger partial charge in [0.1, 0.15) is 12.1 Å². The molecule has 0 aliphatic carbocycles. The van der Waals surface area contributed by atoms with Gasteiger partial charge in [-0.15, -0.1) is 0 Å². The minimum Gasteiger partial charge on any atom is -0.322 e. The summed E-state index contributed by atoms with van der Waals surface area (Å²) in [5.41, 5.74) is 16.0. The number of nitrogens with two attached hydrogens (primary N) is 3. The average molecular weight is 174 g/mol. The number of hydrogen-bond donors (Lipinski definition) is 4. The normalized spacial score (nSPS) is 13.4. The average Bonchev–Trinajstić information content (AvgIpc) is 1.97. The second kappa shape index (κ2) is 6.07. The molecule has 0 aromatic carbocycles. The molecule has 0 aliphatic heterocycles. The third kappa shape index (κ3) is 6.23. The lowest BCUT2D eigenvalue weighted by atomic mass is 10.1. The van der Waals surface area contributed by atoms with Crippen LogP contribution in [-0.2, 0) is 4.79 Å². The SMILES string of the molecule is CC(=O)[C@H](N)CCCNC(N)N. The Labute approximate surface area is 72.7 Å². The van der Waals surface area contributed by atoms with Crippen molar-refractivity contribution in [3.05, 3.63) is 0 Å². The number of Topliss-reactive ketones (excluding diaryl/α,β-unsaturated/α-hetero) is 1. The van der Waals surface area contributed by atoms with E-state index in [0.717, 1.165) is 6.42 Å². The zero-order chi connectivity index (χ0) is 9.56. The maximum absolute atomic E-state index is 10.7. The summed E-state index contributed by atoms with van der Waals surface area (Å²) >= 11 is 0. The fraction of sp³-hybridized carbons (Fsp3) is 0.857. The summed E-state index contributed by atoms with van der Waals surface area (Å²) in [6, 6.07) is -0.346. The van der Waals surface area contributed by atoms with Crippen molar-refractivity contribution in [1.82, 2.24) is 5.32 Å². The van der Waals surface area contributed by atoms with Gasteiger partial charge in [0.2, 0.25) is 0 Å². The number of hydrogen-bond acceptors (Lipinski definition) is 5. The fourth-order valence-electron chi connectivity index (χ4n) is 0.794. The van der Waals surface area contributed by atoms with Crippen molar-refractivity contribution in [3.63, 3.8) is 0 Å². The van der Waals surface area contributed by atoms with Gasteiger partial charge in [-0.05, 0) is 26.3 Å². The van der Waals surface area contributed by atoms with Crippen LogP contribution in [0.2, 0.25) is 0 Å². The van der Waals surface area contributed by atoms with Gasteiger partial charge in [-0.1, -0.05) is 0 Å². The van der Waals surface area contributed by atoms with Crippen LogP contribution < -0.4 is 22.5 Å². The van der Waals surface area contributed by atoms with Crippen molar-refractivity contribution in [2.24, 2.45) is 17.2 Å². The molecule has 0 heterocycles. The first-order valence-corrected chi connectivity index (χ1v) is 4.04. The summed E-state index contributed by atoms with van der Waals surface area (Å²) in [5, 5.41) is 2.83. The van der Waals surface area contributed by atoms with Crippen LogP contribution in [0.3, 0.4) is 0 Å². The molecule has 0 rings (SSSR count). The molecule has 0 saturated carbocycles. The van der Waals surface area contributed by atoms with Gasteiger partial charge >= 0.3 is 0 Å². The number of carbonyl (C=O) groups excluding carboxylic acids is 1. The van der Waals surface area contributed by atoms with Crippen molar-refractivity contribution in [2.75, 3.05) is 6.54 Å². The van der Waals surface area contributed by atoms with E-state index >= 15 is 0 Å². The molecule has 0 radical (unpaired) electrons. The molecule has 5 nitrogen and oxygen atoms in total. The predicted octanol–water partition coefficient (Wildman–Crippen LogP) is -1.53. The molecular formula is C7H18N4O. The largest absolute Gasteiger partial charge is 0.322 e. The molecule has 0 aromatic rings. The van der Waals surface area contributed by atoms with Gasteiger partial charge < -0.3 is 17.2 Å². The number of nitrogens with one attached hydrogen (secondary N) is 1. The van der Waals surface area contributed by atoms with Gasteiger partial charge in [0.05, 0.1) is 6.04 Å². The van der Waals surface area contributed by atoms with E-state index in [9.17, 15) is 4.79 Å². The molecule has 0 aliphatic rings. The third-order valence-corrected chi connectivity index (χ3v) is 1.59. The summed E-state index contributed by atoms with van der Waals surface area (Å²) in [5.74, 6) is 0.0204. The lowest BCUT2D eigenvalue weighted by molar-refractivity contribution is -0.118. The van der Waals surface area contributed by atoms with E-state index in [4.69, 9.17) is 17.2 Å². The zero-order valence-electron chi connectivity index (χ0n) is 7.42. The summed E-state index contributed by atoms with van der Waals surface area (Å²) < 4.78 is 0. The van der Waals surface area contributed by atoms with Crippen molar-refractivity contribution >= 4 is 5.78 Å². The van der Waals surface area contributed by atoms with Crippen LogP contribution in [-0.4, -0.2) is 24.7 Å². The number of carbonyl (C=O) groups is 1. The Hall–Kier alpha value is -0.490. The number of ketones is 1. The first-order valence-electron chi connectivity index (χ1n) is 4.04. The smallest absolute Gasteiger partial charge is 0.146 e. The topological polar surface area (TPSA) is 107 Å². The number of rotatable bonds is 6. The van der Waals surface area contributed by atoms with Gasteiger partial charge in [0.25, 0.3) is 0 Å². The Morgan fingerprint density at radius 2 is 2.00 bits per heavy atom. The summed E-state index contributed by atoms with van der Waals surface area (Å²) in [7, 11) is 0. The lowest BCUT2D eigenvalue weighted by Gasteiger charge is -2.09. The van der Waals surface area contributed by atoms with E-state index in [1.807, 2.05) is 0 Å². The monoisotopic (exact) mass is 174 g/mol. The molecule has 1 atom stereocenters. The minimum absolute atomic E-state index is 0.0204. The summed E-state index contributed by atoms with van der Waals surface area (Å²) in [4.78, 5) is 10.7. The highest BCUT2D eigenvalue weighted by Crippen LogP contribution is 1.93. The van der Waals surface area contributed by atoms with Crippen LogP contribution in [0.5, 0.6) is 0 Å². The summed E-state index contributed by atoms with van der Waals surface area (Å²) in [6.45, 7) is 2.19. The lowest BCUT2D eigenvalue weighted by Crippen LogP contribution is -2.45. The van der Waals surface area contributed by atoms with Crippen molar-refractivity contribution < 1.29 is 4.79 Å². The Balaban J connectivity index is 3.25. The predicted molar refractivity (Wildman–Crippen MR) is 48.1 cm³/mol. The molecule has 0 aromatic heterocycles. The molecular weight excluding hydrogens is 156 g/mol. The van der Waals surface area contributed by atoms with Crippen molar-refractivity contribution in [3.8, 4) is 0 Å². The minimum atomic E-state index is -0.487. The quantitative estimate of drug-likeness (QED) is 0.289. The van der Waals surface area contributed by atoms with Crippen LogP contribution in [0.15, 0.2) is 0 Å². The van der Waals surface area contributed by atoms with Crippen molar-refractivity contribution in [2.45, 2.75) is 32.1 Å². The van der Waals surface area contributed by atoms with Gasteiger partial charge in [0, 0.05) is 0 Å². The van der Waals surface area contributed by atoms with Gasteiger partial charge in [-0.25, -0.2) is 0 Å². The van der Waals surface area contributed by atoms with E-state index in [2.05, 4.69) is 5.32 Å². The first kappa shape index (κ1) is 11.5. The first-order chi connectivity index (χ1) is 5.54. The molecule has 0 amide bonds. The standard InChI is InChI=1S/C7H18N4O/c1-5(12)6(8)3-2-4-11-7(9)10/h6-7,11H,2-4,8-10H2,1H3/t6-/m1/s1. The second-order valence-corrected chi connectivity index (χ2v) is 2.84. The summed E-state index contributed by atoms with van der Waals surface area (Å²) in [6.07, 6.45) is 0.999. The Morgan fingerprint density at radius 1 is 1.42 bits per heavy atom. The highest BCUT2D eigenvalue weighted by molar-refractivity contribution is 5.80. The van der Waals surface area contributed by atoms with Crippen LogP contribution in [0, 0.1) is 0 Å². The molecule has 72 valence electrons. The van der Waals surface area contributed by atoms with Crippen LogP contribution in [0.25, 0.3) is 0 Å². The van der Waals surface area contributed by atoms with E-state index in [1.165, 1.54) is 6.92 Å². The van der Waals surface area contributed by atoms with Gasteiger partial charge in [0.15, 0.2) is 0 Å². The zero-order valence-corrected chi connectivity index (χ0v) is 7.42.